The van der Waals surface area contributed by atoms with Crippen LogP contribution in [0.1, 0.15) is 39.2 Å². The molecule has 5 nitrogen and oxygen atoms in total. The summed E-state index contributed by atoms with van der Waals surface area (Å²) in [4.78, 5) is 24.3. The molecule has 0 spiro atoms. The molecule has 1 aromatic carbocycles. The van der Waals surface area contributed by atoms with E-state index in [1.165, 1.54) is 0 Å². The number of hydrogen-bond acceptors (Lipinski definition) is 4. The first-order valence-corrected chi connectivity index (χ1v) is 7.62. The Morgan fingerprint density at radius 3 is 2.35 bits per heavy atom. The van der Waals surface area contributed by atoms with Crippen molar-refractivity contribution in [2.24, 2.45) is 0 Å². The fraction of sp³-hybridized carbons (Fsp3) is 0.444. The summed E-state index contributed by atoms with van der Waals surface area (Å²) < 4.78 is 10.3. The van der Waals surface area contributed by atoms with Crippen molar-refractivity contribution < 1.29 is 19.1 Å². The van der Waals surface area contributed by atoms with Crippen molar-refractivity contribution in [2.45, 2.75) is 45.3 Å². The molecule has 0 fully saturated rings. The third-order valence-corrected chi connectivity index (χ3v) is 3.01. The number of esters is 1. The second-order valence-corrected chi connectivity index (χ2v) is 6.05. The monoisotopic (exact) mass is 319 g/mol. The van der Waals surface area contributed by atoms with Gasteiger partial charge in [0.25, 0.3) is 0 Å². The van der Waals surface area contributed by atoms with Gasteiger partial charge in [0.1, 0.15) is 11.6 Å². The van der Waals surface area contributed by atoms with E-state index in [2.05, 4.69) is 11.9 Å². The van der Waals surface area contributed by atoms with Gasteiger partial charge in [-0.15, -0.1) is 6.58 Å². The molecular weight excluding hydrogens is 294 g/mol. The molecule has 5 heteroatoms. The smallest absolute Gasteiger partial charge is 0.408 e. The van der Waals surface area contributed by atoms with Crippen molar-refractivity contribution in [3.63, 3.8) is 0 Å². The van der Waals surface area contributed by atoms with Gasteiger partial charge in [-0.1, -0.05) is 36.4 Å². The molecule has 0 saturated heterocycles. The van der Waals surface area contributed by atoms with Crippen LogP contribution in [0.2, 0.25) is 0 Å². The molecule has 0 unspecified atom stereocenters. The van der Waals surface area contributed by atoms with Crippen molar-refractivity contribution in [2.75, 3.05) is 6.61 Å². The quantitative estimate of drug-likeness (QED) is 0.644. The number of alkyl carbamates (subject to hydrolysis) is 1. The molecule has 0 saturated carbocycles. The number of rotatable bonds is 6. The van der Waals surface area contributed by atoms with Gasteiger partial charge in [0.15, 0.2) is 0 Å². The molecule has 0 aliphatic rings. The van der Waals surface area contributed by atoms with Gasteiger partial charge in [-0.05, 0) is 33.3 Å². The van der Waals surface area contributed by atoms with Crippen LogP contribution in [0.15, 0.2) is 43.0 Å². The lowest BCUT2D eigenvalue weighted by Crippen LogP contribution is -2.47. The normalized spacial score (nSPS) is 13.6. The summed E-state index contributed by atoms with van der Waals surface area (Å²) in [6.45, 7) is 11.0. The van der Waals surface area contributed by atoms with Crippen LogP contribution in [-0.4, -0.2) is 30.3 Å². The highest BCUT2D eigenvalue weighted by Gasteiger charge is 2.32. The van der Waals surface area contributed by atoms with Crippen LogP contribution in [0.5, 0.6) is 0 Å². The van der Waals surface area contributed by atoms with E-state index < -0.39 is 29.6 Å². The molecular formula is C18H25NO4. The third-order valence-electron chi connectivity index (χ3n) is 3.01. The van der Waals surface area contributed by atoms with E-state index in [0.29, 0.717) is 0 Å². The first-order valence-electron chi connectivity index (χ1n) is 7.62. The van der Waals surface area contributed by atoms with Crippen LogP contribution in [-0.2, 0) is 14.3 Å². The van der Waals surface area contributed by atoms with Crippen LogP contribution < -0.4 is 5.32 Å². The predicted molar refractivity (Wildman–Crippen MR) is 89.2 cm³/mol. The minimum Gasteiger partial charge on any atom is -0.464 e. The lowest BCUT2D eigenvalue weighted by atomic mass is 9.91. The first-order chi connectivity index (χ1) is 10.8. The number of nitrogens with one attached hydrogen (secondary N) is 1. The summed E-state index contributed by atoms with van der Waals surface area (Å²) in [6.07, 6.45) is 0.951. The van der Waals surface area contributed by atoms with Crippen LogP contribution in [0.25, 0.3) is 0 Å². The van der Waals surface area contributed by atoms with E-state index in [1.807, 2.05) is 30.3 Å². The van der Waals surface area contributed by atoms with E-state index in [-0.39, 0.29) is 6.61 Å². The summed E-state index contributed by atoms with van der Waals surface area (Å²) in [5, 5.41) is 2.60. The molecule has 1 N–H and O–H groups in total. The number of benzene rings is 1. The van der Waals surface area contributed by atoms with Crippen LogP contribution in [0.3, 0.4) is 0 Å². The predicted octanol–water partition coefficient (Wildman–Crippen LogP) is 3.41. The summed E-state index contributed by atoms with van der Waals surface area (Å²) in [5.74, 6) is -0.935. The molecule has 1 rings (SSSR count). The maximum atomic E-state index is 12.3. The topological polar surface area (TPSA) is 64.6 Å². The SMILES string of the molecule is C=C[C@@H](c1ccccc1)[C@H](NC(=O)OC(C)(C)C)C(=O)OCC. The van der Waals surface area contributed by atoms with Gasteiger partial charge < -0.3 is 14.8 Å². The molecule has 0 bridgehead atoms. The maximum absolute atomic E-state index is 12.3. The minimum atomic E-state index is -0.898. The standard InChI is InChI=1S/C18H25NO4/c1-6-14(13-11-9-8-10-12-13)15(16(20)22-7-2)19-17(21)23-18(3,4)5/h6,8-12,14-15H,1,7H2,2-5H3,(H,19,21)/t14-,15-/m0/s1. The maximum Gasteiger partial charge on any atom is 0.408 e. The molecule has 0 radical (unpaired) electrons. The Hall–Kier alpha value is -2.30. The average molecular weight is 319 g/mol. The zero-order valence-corrected chi connectivity index (χ0v) is 14.2. The van der Waals surface area contributed by atoms with E-state index in [9.17, 15) is 9.59 Å². The van der Waals surface area contributed by atoms with Gasteiger partial charge in [-0.3, -0.25) is 0 Å². The molecule has 23 heavy (non-hydrogen) atoms. The summed E-state index contributed by atoms with van der Waals surface area (Å²) >= 11 is 0. The summed E-state index contributed by atoms with van der Waals surface area (Å²) in [5.41, 5.74) is 0.205. The Labute approximate surface area is 137 Å². The van der Waals surface area contributed by atoms with Gasteiger partial charge in [0.05, 0.1) is 6.61 Å². The largest absolute Gasteiger partial charge is 0.464 e. The van der Waals surface area contributed by atoms with E-state index in [0.717, 1.165) is 5.56 Å². The number of hydrogen-bond donors (Lipinski definition) is 1. The van der Waals surface area contributed by atoms with Gasteiger partial charge in [0, 0.05) is 5.92 Å². The molecule has 1 aromatic rings. The highest BCUT2D eigenvalue weighted by molar-refractivity contribution is 5.83. The third kappa shape index (κ3) is 6.14. The highest BCUT2D eigenvalue weighted by Crippen LogP contribution is 2.22. The zero-order chi connectivity index (χ0) is 17.5. The van der Waals surface area contributed by atoms with Crippen LogP contribution >= 0.6 is 0 Å². The number of ether oxygens (including phenoxy) is 2. The second-order valence-electron chi connectivity index (χ2n) is 6.05. The zero-order valence-electron chi connectivity index (χ0n) is 14.2. The van der Waals surface area contributed by atoms with Gasteiger partial charge in [-0.25, -0.2) is 9.59 Å². The Kier molecular flexibility index (Phi) is 6.82. The molecule has 0 aliphatic heterocycles. The Balaban J connectivity index is 3.01. The first kappa shape index (κ1) is 18.7. The lowest BCUT2D eigenvalue weighted by Gasteiger charge is -2.26. The van der Waals surface area contributed by atoms with Crippen LogP contribution in [0, 0.1) is 0 Å². The fourth-order valence-corrected chi connectivity index (χ4v) is 2.10. The van der Waals surface area contributed by atoms with Gasteiger partial charge in [-0.2, -0.15) is 0 Å². The van der Waals surface area contributed by atoms with E-state index >= 15 is 0 Å². The Bertz CT molecular complexity index is 534. The molecule has 2 atom stereocenters. The van der Waals surface area contributed by atoms with Crippen molar-refractivity contribution in [1.29, 1.82) is 0 Å². The molecule has 126 valence electrons. The molecule has 0 heterocycles. The Morgan fingerprint density at radius 1 is 1.26 bits per heavy atom. The Morgan fingerprint density at radius 2 is 1.87 bits per heavy atom. The number of carbonyl (C=O) groups is 2. The van der Waals surface area contributed by atoms with Crippen molar-refractivity contribution >= 4 is 12.1 Å². The van der Waals surface area contributed by atoms with Gasteiger partial charge in [0.2, 0.25) is 0 Å². The minimum absolute atomic E-state index is 0.226. The molecule has 0 aliphatic carbocycles. The summed E-state index contributed by atoms with van der Waals surface area (Å²) in [6, 6.07) is 8.45. The number of carbonyl (C=O) groups excluding carboxylic acids is 2. The van der Waals surface area contributed by atoms with E-state index in [4.69, 9.17) is 9.47 Å². The summed E-state index contributed by atoms with van der Waals surface area (Å²) in [7, 11) is 0. The average Bonchev–Trinajstić information content (AvgIpc) is 2.46. The molecule has 0 aromatic heterocycles. The number of amides is 1. The fourth-order valence-electron chi connectivity index (χ4n) is 2.10. The van der Waals surface area contributed by atoms with Crippen LogP contribution in [0.4, 0.5) is 4.79 Å². The van der Waals surface area contributed by atoms with Gasteiger partial charge >= 0.3 is 12.1 Å². The van der Waals surface area contributed by atoms with Crippen molar-refractivity contribution in [3.05, 3.63) is 48.6 Å². The van der Waals surface area contributed by atoms with Crippen molar-refractivity contribution in [1.82, 2.24) is 5.32 Å². The highest BCUT2D eigenvalue weighted by atomic mass is 16.6. The van der Waals surface area contributed by atoms with E-state index in [1.54, 1.807) is 33.8 Å². The second kappa shape index (κ2) is 8.36. The lowest BCUT2D eigenvalue weighted by molar-refractivity contribution is -0.146. The van der Waals surface area contributed by atoms with Crippen molar-refractivity contribution in [3.8, 4) is 0 Å². The molecule has 1 amide bonds.